The largest absolute Gasteiger partial charge is 0.457 e. The predicted octanol–water partition coefficient (Wildman–Crippen LogP) is 4.59. The Kier molecular flexibility index (Phi) is 24.2. The Bertz CT molecular complexity index is 2530. The lowest BCUT2D eigenvalue weighted by Gasteiger charge is -2.39. The van der Waals surface area contributed by atoms with Crippen LogP contribution in [0.25, 0.3) is 5.57 Å². The van der Waals surface area contributed by atoms with Crippen LogP contribution in [0, 0.1) is 0 Å². The average Bonchev–Trinajstić information content (AvgIpc) is 3.38. The summed E-state index contributed by atoms with van der Waals surface area (Å²) in [6.45, 7) is 3.96. The molecule has 0 radical (unpaired) electrons. The van der Waals surface area contributed by atoms with Gasteiger partial charge in [-0.25, -0.2) is 19.0 Å². The lowest BCUT2D eigenvalue weighted by molar-refractivity contribution is -0.133. The molecule has 3 amide bonds. The summed E-state index contributed by atoms with van der Waals surface area (Å²) in [6, 6.07) is 18.6. The van der Waals surface area contributed by atoms with Crippen molar-refractivity contribution in [3.05, 3.63) is 131 Å². The molecule has 18 nitrogen and oxygen atoms in total. The molecule has 1 aliphatic heterocycles. The van der Waals surface area contributed by atoms with Crippen LogP contribution in [0.15, 0.2) is 125 Å². The fraction of sp³-hybridized carbons (Fsp3) is 0.442. The van der Waals surface area contributed by atoms with Crippen molar-refractivity contribution in [3.63, 3.8) is 0 Å². The molecular weight excluding hydrogens is 988 g/mol. The van der Waals surface area contributed by atoms with E-state index < -0.39 is 57.6 Å². The van der Waals surface area contributed by atoms with E-state index in [2.05, 4.69) is 25.5 Å². The van der Waals surface area contributed by atoms with E-state index in [1.165, 1.54) is 24.3 Å². The second kappa shape index (κ2) is 30.4. The van der Waals surface area contributed by atoms with E-state index in [1.807, 2.05) is 13.0 Å². The molecule has 0 aromatic heterocycles. The number of unbranched alkanes of at least 4 members (excludes halogenated alkanes) is 1. The number of nitrogens with one attached hydrogen (secondary N) is 4. The van der Waals surface area contributed by atoms with Crippen LogP contribution in [0.2, 0.25) is 0 Å². The molecule has 2 aliphatic rings. The van der Waals surface area contributed by atoms with Crippen molar-refractivity contribution in [3.8, 4) is 11.5 Å². The summed E-state index contributed by atoms with van der Waals surface area (Å²) in [4.78, 5) is 46.3. The molecule has 0 saturated heterocycles. The maximum Gasteiger partial charge on any atom is 0.415 e. The fourth-order valence-corrected chi connectivity index (χ4v) is 9.16. The minimum absolute atomic E-state index is 0.109. The van der Waals surface area contributed by atoms with Crippen LogP contribution >= 0.6 is 0 Å². The van der Waals surface area contributed by atoms with Gasteiger partial charge in [-0.05, 0) is 84.3 Å². The zero-order chi connectivity index (χ0) is 53.4. The van der Waals surface area contributed by atoms with Gasteiger partial charge in [-0.3, -0.25) is 14.4 Å². The molecule has 74 heavy (non-hydrogen) atoms. The standard InChI is InChI=1S/C52H68F3N7O11S/c1-3-38-35-62(2)49-43(18-11-19-44(49)52(53,54)55)48(38)39-14-9-15-40(33-39)73-41-16-10-17-42(34-41)74(66,67)59-23-22-58-50(64)45(20-7-8-21-56)61-51(65)46(32-37-12-5-4-6-13-37)60-47(63)36-71-29-28-69-25-24-68-26-27-70-30-31-72-57/h4-6,9-19,33-35,45-46,49,59H,3,7-8,20-32,36,56-57H2,1-2H3,(H,58,64)(H,60,63)(H,61,65)/t45-,46?,49-/m0/s1. The van der Waals surface area contributed by atoms with Crippen molar-refractivity contribution in [2.45, 2.75) is 68.2 Å². The summed E-state index contributed by atoms with van der Waals surface area (Å²) in [5.41, 5.74) is 8.46. The number of nitrogens with zero attached hydrogens (tertiary/aromatic N) is 1. The topological polar surface area (TPSA) is 244 Å². The Morgan fingerprint density at radius 1 is 0.784 bits per heavy atom. The van der Waals surface area contributed by atoms with Crippen LogP contribution in [-0.4, -0.2) is 141 Å². The zero-order valence-corrected chi connectivity index (χ0v) is 42.5. The van der Waals surface area contributed by atoms with Crippen LogP contribution in [0.3, 0.4) is 0 Å². The number of carbonyl (C=O) groups excluding carboxylic acids is 3. The van der Waals surface area contributed by atoms with Crippen LogP contribution in [0.4, 0.5) is 13.2 Å². The molecular formula is C52H68F3N7O11S. The van der Waals surface area contributed by atoms with Crippen molar-refractivity contribution in [1.29, 1.82) is 0 Å². The highest BCUT2D eigenvalue weighted by Crippen LogP contribution is 2.44. The summed E-state index contributed by atoms with van der Waals surface area (Å²) < 4.78 is 99.7. The maximum absolute atomic E-state index is 14.1. The van der Waals surface area contributed by atoms with Crippen molar-refractivity contribution in [1.82, 2.24) is 25.6 Å². The molecule has 0 fully saturated rings. The molecule has 3 aromatic rings. The molecule has 1 unspecified atom stereocenters. The van der Waals surface area contributed by atoms with Gasteiger partial charge in [-0.1, -0.05) is 73.7 Å². The number of alkyl halides is 3. The Morgan fingerprint density at radius 2 is 1.45 bits per heavy atom. The third-order valence-electron chi connectivity index (χ3n) is 11.6. The van der Waals surface area contributed by atoms with E-state index in [9.17, 15) is 36.0 Å². The van der Waals surface area contributed by atoms with Gasteiger partial charge in [-0.2, -0.15) is 13.2 Å². The SMILES string of the molecule is CCC1=CN(C)[C@@H]2C(C(F)(F)F)=CC=CC2=C1c1cccc(Oc2cccc(S(=O)(=O)NCCNC(=O)[C@H](CCCCN)NC(=O)C(Cc3ccccc3)NC(=O)COCCOCCOCCOCCON)c2)c1. The molecule has 3 aromatic carbocycles. The number of nitrogens with two attached hydrogens (primary N) is 2. The number of fused-ring (bicyclic) bond motifs is 1. The molecule has 3 atom stereocenters. The summed E-state index contributed by atoms with van der Waals surface area (Å²) in [7, 11) is -2.51. The molecule has 404 valence electrons. The summed E-state index contributed by atoms with van der Waals surface area (Å²) in [5, 5.41) is 8.19. The fourth-order valence-electron chi connectivity index (χ4n) is 8.10. The maximum atomic E-state index is 14.1. The van der Waals surface area contributed by atoms with E-state index >= 15 is 0 Å². The van der Waals surface area contributed by atoms with Crippen LogP contribution in [0.1, 0.15) is 43.7 Å². The van der Waals surface area contributed by atoms with Crippen molar-refractivity contribution >= 4 is 33.3 Å². The Balaban J connectivity index is 1.14. The minimum atomic E-state index is -4.54. The number of allylic oxidation sites excluding steroid dienone is 4. The van der Waals surface area contributed by atoms with E-state index in [1.54, 1.807) is 78.8 Å². The highest BCUT2D eigenvalue weighted by Gasteiger charge is 2.44. The first-order valence-electron chi connectivity index (χ1n) is 24.4. The molecule has 0 spiro atoms. The van der Waals surface area contributed by atoms with E-state index in [4.69, 9.17) is 35.3 Å². The number of likely N-dealkylation sites (N-methyl/N-ethyl adjacent to an activating group) is 1. The van der Waals surface area contributed by atoms with Gasteiger partial charge in [0.05, 0.1) is 69.4 Å². The number of hydrogen-bond donors (Lipinski definition) is 6. The average molecular weight is 1060 g/mol. The van der Waals surface area contributed by atoms with Crippen molar-refractivity contribution in [2.75, 3.05) is 86.1 Å². The van der Waals surface area contributed by atoms with Crippen LogP contribution in [-0.2, 0) is 54.6 Å². The number of hydrogen-bond acceptors (Lipinski definition) is 14. The normalized spacial score (nSPS) is 15.4. The zero-order valence-electron chi connectivity index (χ0n) is 41.7. The summed E-state index contributed by atoms with van der Waals surface area (Å²) in [5.74, 6) is 3.72. The molecule has 5 rings (SSSR count). The predicted molar refractivity (Wildman–Crippen MR) is 272 cm³/mol. The lowest BCUT2D eigenvalue weighted by atomic mass is 9.80. The van der Waals surface area contributed by atoms with Gasteiger partial charge in [0.1, 0.15) is 30.2 Å². The number of halogens is 3. The molecule has 0 saturated carbocycles. The summed E-state index contributed by atoms with van der Waals surface area (Å²) >= 11 is 0. The first-order valence-corrected chi connectivity index (χ1v) is 25.9. The summed E-state index contributed by atoms with van der Waals surface area (Å²) in [6.07, 6.45) is 3.35. The van der Waals surface area contributed by atoms with E-state index in [0.29, 0.717) is 81.3 Å². The van der Waals surface area contributed by atoms with Gasteiger partial charge >= 0.3 is 6.18 Å². The molecule has 1 aliphatic carbocycles. The van der Waals surface area contributed by atoms with E-state index in [-0.39, 0.29) is 63.0 Å². The number of sulfonamides is 1. The van der Waals surface area contributed by atoms with Crippen molar-refractivity contribution < 1.29 is 64.5 Å². The Morgan fingerprint density at radius 3 is 2.11 bits per heavy atom. The second-order valence-electron chi connectivity index (χ2n) is 17.1. The quantitative estimate of drug-likeness (QED) is 0.0361. The Labute approximate surface area is 430 Å². The van der Waals surface area contributed by atoms with Gasteiger partial charge in [0.2, 0.25) is 27.7 Å². The van der Waals surface area contributed by atoms with Crippen molar-refractivity contribution in [2.24, 2.45) is 11.6 Å². The lowest BCUT2D eigenvalue weighted by Crippen LogP contribution is -2.55. The number of benzene rings is 3. The second-order valence-corrected chi connectivity index (χ2v) is 18.9. The van der Waals surface area contributed by atoms with Crippen LogP contribution in [0.5, 0.6) is 11.5 Å². The van der Waals surface area contributed by atoms with Gasteiger partial charge in [0.15, 0.2) is 0 Å². The molecule has 22 heteroatoms. The van der Waals surface area contributed by atoms with E-state index in [0.717, 1.165) is 17.2 Å². The molecule has 1 heterocycles. The van der Waals surface area contributed by atoms with Gasteiger partial charge in [-0.15, -0.1) is 0 Å². The van der Waals surface area contributed by atoms with Crippen LogP contribution < -0.4 is 37.0 Å². The number of amides is 3. The number of rotatable bonds is 33. The molecule has 8 N–H and O–H groups in total. The monoisotopic (exact) mass is 1060 g/mol. The van der Waals surface area contributed by atoms with Gasteiger partial charge in [0.25, 0.3) is 0 Å². The first kappa shape index (κ1) is 58.9. The highest BCUT2D eigenvalue weighted by atomic mass is 32.2. The third kappa shape index (κ3) is 18.8. The first-order chi connectivity index (χ1) is 35.6. The Hall–Kier alpha value is -5.95. The highest BCUT2D eigenvalue weighted by molar-refractivity contribution is 7.89. The molecule has 0 bridgehead atoms. The number of carbonyl (C=O) groups is 3. The smallest absolute Gasteiger partial charge is 0.415 e. The van der Waals surface area contributed by atoms with Gasteiger partial charge < -0.3 is 55.1 Å². The number of ether oxygens (including phenoxy) is 5. The minimum Gasteiger partial charge on any atom is -0.457 e. The third-order valence-corrected chi connectivity index (χ3v) is 13.1. The van der Waals surface area contributed by atoms with Gasteiger partial charge in [0, 0.05) is 38.8 Å².